The summed E-state index contributed by atoms with van der Waals surface area (Å²) >= 11 is 5.56. The summed E-state index contributed by atoms with van der Waals surface area (Å²) in [6.07, 6.45) is 2.37. The molecule has 1 aliphatic rings. The minimum atomic E-state index is 0.610. The molecule has 1 aliphatic heterocycles. The zero-order valence-electron chi connectivity index (χ0n) is 13.6. The topological polar surface area (TPSA) is 18.5 Å². The highest BCUT2D eigenvalue weighted by atomic mass is 32.1. The molecule has 0 unspecified atom stereocenters. The Hall–Kier alpha value is -1.13. The van der Waals surface area contributed by atoms with E-state index in [2.05, 4.69) is 67.2 Å². The number of thiocarbonyl (C=S) groups is 1. The molecule has 0 bridgehead atoms. The van der Waals surface area contributed by atoms with Crippen molar-refractivity contribution in [3.63, 3.8) is 0 Å². The van der Waals surface area contributed by atoms with Gasteiger partial charge in [-0.3, -0.25) is 0 Å². The van der Waals surface area contributed by atoms with Crippen molar-refractivity contribution >= 4 is 23.0 Å². The lowest BCUT2D eigenvalue weighted by Gasteiger charge is -2.39. The smallest absolute Gasteiger partial charge is 0.173 e. The maximum atomic E-state index is 5.56. The molecule has 0 aromatic heterocycles. The molecule has 0 radical (unpaired) electrons. The van der Waals surface area contributed by atoms with E-state index in [-0.39, 0.29) is 0 Å². The van der Waals surface area contributed by atoms with Crippen LogP contribution in [0.15, 0.2) is 24.3 Å². The zero-order chi connectivity index (χ0) is 15.4. The largest absolute Gasteiger partial charge is 0.349 e. The van der Waals surface area contributed by atoms with Crippen LogP contribution in [0.2, 0.25) is 0 Å². The molecular formula is C17H27N3S. The summed E-state index contributed by atoms with van der Waals surface area (Å²) in [6, 6.07) is 9.65. The Balaban J connectivity index is 1.86. The first-order chi connectivity index (χ1) is 9.97. The Morgan fingerprint density at radius 3 is 2.57 bits per heavy atom. The Bertz CT molecular complexity index is 479. The van der Waals surface area contributed by atoms with Crippen molar-refractivity contribution in [2.24, 2.45) is 0 Å². The van der Waals surface area contributed by atoms with Gasteiger partial charge in [-0.05, 0) is 70.6 Å². The van der Waals surface area contributed by atoms with Crippen LogP contribution in [-0.2, 0) is 0 Å². The van der Waals surface area contributed by atoms with Crippen LogP contribution in [0.4, 0.5) is 5.69 Å². The molecule has 0 spiro atoms. The molecule has 1 fully saturated rings. The quantitative estimate of drug-likeness (QED) is 0.861. The van der Waals surface area contributed by atoms with Crippen LogP contribution in [0.3, 0.4) is 0 Å². The predicted molar refractivity (Wildman–Crippen MR) is 94.9 cm³/mol. The van der Waals surface area contributed by atoms with E-state index in [1.54, 1.807) is 0 Å². The van der Waals surface area contributed by atoms with Gasteiger partial charge >= 0.3 is 0 Å². The maximum absolute atomic E-state index is 5.56. The van der Waals surface area contributed by atoms with Gasteiger partial charge in [0, 0.05) is 30.9 Å². The van der Waals surface area contributed by atoms with Gasteiger partial charge < -0.3 is 15.1 Å². The zero-order valence-corrected chi connectivity index (χ0v) is 14.4. The first kappa shape index (κ1) is 16.2. The van der Waals surface area contributed by atoms with Gasteiger partial charge in [-0.2, -0.15) is 0 Å². The second-order valence-corrected chi connectivity index (χ2v) is 6.66. The summed E-state index contributed by atoms with van der Waals surface area (Å²) in [6.45, 7) is 8.70. The predicted octanol–water partition coefficient (Wildman–Crippen LogP) is 3.50. The lowest BCUT2D eigenvalue weighted by Crippen LogP contribution is -2.48. The Morgan fingerprint density at radius 2 is 2.00 bits per heavy atom. The number of hydrogen-bond acceptors (Lipinski definition) is 2. The Labute approximate surface area is 134 Å². The van der Waals surface area contributed by atoms with Crippen LogP contribution in [-0.4, -0.2) is 47.1 Å². The van der Waals surface area contributed by atoms with Gasteiger partial charge in [0.25, 0.3) is 0 Å². The lowest BCUT2D eigenvalue weighted by molar-refractivity contribution is 0.136. The van der Waals surface area contributed by atoms with Crippen LogP contribution in [0.5, 0.6) is 0 Å². The molecule has 1 saturated heterocycles. The summed E-state index contributed by atoms with van der Waals surface area (Å²) in [5, 5.41) is 4.22. The van der Waals surface area contributed by atoms with Crippen LogP contribution >= 0.6 is 12.2 Å². The Kier molecular flexibility index (Phi) is 5.59. The molecule has 4 heteroatoms. The first-order valence-electron chi connectivity index (χ1n) is 7.82. The molecule has 1 heterocycles. The van der Waals surface area contributed by atoms with Crippen molar-refractivity contribution in [2.45, 2.75) is 45.7 Å². The average Bonchev–Trinajstić information content (AvgIpc) is 2.46. The molecule has 116 valence electrons. The molecule has 3 nitrogen and oxygen atoms in total. The molecule has 1 N–H and O–H groups in total. The summed E-state index contributed by atoms with van der Waals surface area (Å²) in [7, 11) is 2.23. The molecule has 0 aliphatic carbocycles. The molecule has 1 aromatic carbocycles. The van der Waals surface area contributed by atoms with E-state index in [0.29, 0.717) is 12.1 Å². The van der Waals surface area contributed by atoms with Gasteiger partial charge in [0.1, 0.15) is 0 Å². The molecule has 1 aromatic rings. The fourth-order valence-corrected chi connectivity index (χ4v) is 3.12. The number of benzene rings is 1. The van der Waals surface area contributed by atoms with Gasteiger partial charge in [0.05, 0.1) is 0 Å². The van der Waals surface area contributed by atoms with Crippen molar-refractivity contribution in [2.75, 3.05) is 25.5 Å². The highest BCUT2D eigenvalue weighted by molar-refractivity contribution is 7.80. The summed E-state index contributed by atoms with van der Waals surface area (Å²) in [5.41, 5.74) is 2.33. The number of anilines is 1. The molecule has 0 amide bonds. The summed E-state index contributed by atoms with van der Waals surface area (Å²) < 4.78 is 0. The standard InChI is InChI=1S/C17H27N3S/c1-13(2)19(4)16-8-10-20(11-9-16)17(21)18-15-7-5-6-14(3)12-15/h5-7,12-13,16H,8-11H2,1-4H3,(H,18,21). The van der Waals surface area contributed by atoms with E-state index in [0.717, 1.165) is 23.9 Å². The number of likely N-dealkylation sites (tertiary alicyclic amines) is 1. The number of hydrogen-bond donors (Lipinski definition) is 1. The second kappa shape index (κ2) is 7.23. The molecule has 21 heavy (non-hydrogen) atoms. The van der Waals surface area contributed by atoms with Crippen molar-refractivity contribution < 1.29 is 0 Å². The minimum absolute atomic E-state index is 0.610. The van der Waals surface area contributed by atoms with Gasteiger partial charge in [-0.15, -0.1) is 0 Å². The fraction of sp³-hybridized carbons (Fsp3) is 0.588. The molecule has 2 rings (SSSR count). The van der Waals surface area contributed by atoms with Crippen LogP contribution in [0.25, 0.3) is 0 Å². The normalized spacial score (nSPS) is 16.6. The molecule has 0 atom stereocenters. The van der Waals surface area contributed by atoms with Crippen molar-refractivity contribution in [1.82, 2.24) is 9.80 Å². The van der Waals surface area contributed by atoms with Crippen molar-refractivity contribution in [1.29, 1.82) is 0 Å². The van der Waals surface area contributed by atoms with E-state index >= 15 is 0 Å². The Morgan fingerprint density at radius 1 is 1.33 bits per heavy atom. The van der Waals surface area contributed by atoms with Crippen molar-refractivity contribution in [3.05, 3.63) is 29.8 Å². The SMILES string of the molecule is Cc1cccc(NC(=S)N2CCC(N(C)C(C)C)CC2)c1. The van der Waals surface area contributed by atoms with Crippen LogP contribution in [0.1, 0.15) is 32.3 Å². The van der Waals surface area contributed by atoms with E-state index < -0.39 is 0 Å². The number of nitrogens with zero attached hydrogens (tertiary/aromatic N) is 2. The highest BCUT2D eigenvalue weighted by Gasteiger charge is 2.24. The van der Waals surface area contributed by atoms with Crippen LogP contribution < -0.4 is 5.32 Å². The van der Waals surface area contributed by atoms with Gasteiger partial charge in [-0.25, -0.2) is 0 Å². The lowest BCUT2D eigenvalue weighted by atomic mass is 10.0. The van der Waals surface area contributed by atoms with Gasteiger partial charge in [0.2, 0.25) is 0 Å². The average molecular weight is 305 g/mol. The van der Waals surface area contributed by atoms with E-state index in [9.17, 15) is 0 Å². The number of nitrogens with one attached hydrogen (secondary N) is 1. The highest BCUT2D eigenvalue weighted by Crippen LogP contribution is 2.18. The van der Waals surface area contributed by atoms with Gasteiger partial charge in [-0.1, -0.05) is 12.1 Å². The fourth-order valence-electron chi connectivity index (χ4n) is 2.82. The minimum Gasteiger partial charge on any atom is -0.349 e. The molecular weight excluding hydrogens is 278 g/mol. The van der Waals surface area contributed by atoms with Crippen molar-refractivity contribution in [3.8, 4) is 0 Å². The third-order valence-electron chi connectivity index (χ3n) is 4.41. The summed E-state index contributed by atoms with van der Waals surface area (Å²) in [4.78, 5) is 4.77. The number of rotatable bonds is 3. The number of piperidine rings is 1. The summed E-state index contributed by atoms with van der Waals surface area (Å²) in [5.74, 6) is 0. The van der Waals surface area contributed by atoms with Crippen LogP contribution in [0, 0.1) is 6.92 Å². The number of aryl methyl sites for hydroxylation is 1. The van der Waals surface area contributed by atoms with E-state index in [1.165, 1.54) is 18.4 Å². The van der Waals surface area contributed by atoms with E-state index in [4.69, 9.17) is 12.2 Å². The monoisotopic (exact) mass is 305 g/mol. The second-order valence-electron chi connectivity index (χ2n) is 6.28. The molecule has 0 saturated carbocycles. The third kappa shape index (κ3) is 4.42. The van der Waals surface area contributed by atoms with E-state index in [1.807, 2.05) is 0 Å². The first-order valence-corrected chi connectivity index (χ1v) is 8.22. The third-order valence-corrected chi connectivity index (χ3v) is 4.77. The van der Waals surface area contributed by atoms with Gasteiger partial charge in [0.15, 0.2) is 5.11 Å². The maximum Gasteiger partial charge on any atom is 0.173 e.